The van der Waals surface area contributed by atoms with Gasteiger partial charge in [0.05, 0.1) is 5.56 Å². The summed E-state index contributed by atoms with van der Waals surface area (Å²) in [6.45, 7) is 3.78. The van der Waals surface area contributed by atoms with E-state index < -0.39 is 11.6 Å². The van der Waals surface area contributed by atoms with Crippen LogP contribution in [0, 0.1) is 32.0 Å². The first-order valence-corrected chi connectivity index (χ1v) is 12.1. The number of terminal acetylenes is 1. The lowest BCUT2D eigenvalue weighted by Crippen LogP contribution is -2.32. The summed E-state index contributed by atoms with van der Waals surface area (Å²) in [5.41, 5.74) is 2.97. The van der Waals surface area contributed by atoms with Gasteiger partial charge in [0.15, 0.2) is 16.9 Å². The van der Waals surface area contributed by atoms with Gasteiger partial charge in [0.2, 0.25) is 0 Å². The number of hydrogen-bond acceptors (Lipinski definition) is 3. The highest BCUT2D eigenvalue weighted by Gasteiger charge is 2.39. The number of thiophene rings is 1. The van der Waals surface area contributed by atoms with E-state index >= 15 is 0 Å². The van der Waals surface area contributed by atoms with Crippen LogP contribution >= 0.6 is 10.5 Å². The number of carbonyl (C=O) groups is 1. The van der Waals surface area contributed by atoms with Gasteiger partial charge >= 0.3 is 5.97 Å². The molecule has 5 heteroatoms. The highest BCUT2D eigenvalue weighted by molar-refractivity contribution is 7.37. The first kappa shape index (κ1) is 22.1. The van der Waals surface area contributed by atoms with Crippen LogP contribution in [0.5, 0.6) is 5.75 Å². The molecule has 1 aliphatic rings. The molecule has 1 unspecified atom stereocenters. The Morgan fingerprint density at radius 1 is 1.12 bits per heavy atom. The lowest BCUT2D eigenvalue weighted by Gasteiger charge is -2.29. The molecule has 0 bridgehead atoms. The first-order chi connectivity index (χ1) is 15.4. The Bertz CT molecular complexity index is 1140. The molecule has 1 aliphatic carbocycles. The molecule has 0 N–H and O–H groups in total. The normalized spacial score (nSPS) is 15.2. The molecule has 32 heavy (non-hydrogen) atoms. The summed E-state index contributed by atoms with van der Waals surface area (Å²) in [6, 6.07) is 12.4. The second-order valence-electron chi connectivity index (χ2n) is 8.25. The lowest BCUT2D eigenvalue weighted by atomic mass is 9.92. The largest absolute Gasteiger partial charge is 0.481 e. The highest BCUT2D eigenvalue weighted by Crippen LogP contribution is 2.42. The molecule has 3 nitrogen and oxygen atoms in total. The van der Waals surface area contributed by atoms with Crippen molar-refractivity contribution in [2.45, 2.75) is 45.1 Å². The Labute approximate surface area is 191 Å². The fourth-order valence-corrected chi connectivity index (χ4v) is 6.10. The number of halogens is 1. The summed E-state index contributed by atoms with van der Waals surface area (Å²) in [4.78, 5) is 13.9. The van der Waals surface area contributed by atoms with Crippen LogP contribution in [0.2, 0.25) is 0 Å². The fraction of sp³-hybridized carbons (Fsp3) is 0.296. The van der Waals surface area contributed by atoms with Gasteiger partial charge < -0.3 is 9.47 Å². The number of carbonyl (C=O) groups excluding carboxylic acids is 1. The minimum absolute atomic E-state index is 0.153. The summed E-state index contributed by atoms with van der Waals surface area (Å²) in [5, 5.41) is 4.19. The lowest BCUT2D eigenvalue weighted by molar-refractivity contribution is -0.163. The van der Waals surface area contributed by atoms with E-state index in [1.54, 1.807) is 12.1 Å². The smallest absolute Gasteiger partial charge is 0.345 e. The van der Waals surface area contributed by atoms with Crippen LogP contribution in [-0.2, 0) is 15.1 Å². The maximum Gasteiger partial charge on any atom is 0.345 e. The van der Waals surface area contributed by atoms with Crippen LogP contribution in [0.15, 0.2) is 53.2 Å². The third kappa shape index (κ3) is 4.56. The third-order valence-electron chi connectivity index (χ3n) is 5.95. The quantitative estimate of drug-likeness (QED) is 0.243. The van der Waals surface area contributed by atoms with Gasteiger partial charge in [0.25, 0.3) is 0 Å². The molecule has 0 aliphatic heterocycles. The van der Waals surface area contributed by atoms with Crippen LogP contribution in [-0.4, -0.2) is 12.6 Å². The summed E-state index contributed by atoms with van der Waals surface area (Å²) in [6.07, 6.45) is 8.90. The van der Waals surface area contributed by atoms with Gasteiger partial charge in [0, 0.05) is 28.7 Å². The van der Waals surface area contributed by atoms with Crippen LogP contribution < -0.4 is 4.74 Å². The van der Waals surface area contributed by atoms with Gasteiger partial charge in [0.1, 0.15) is 22.5 Å². The number of hydrogen-bond donors (Lipinski definition) is 0. The number of rotatable bonds is 6. The minimum Gasteiger partial charge on any atom is -0.481 e. The zero-order valence-corrected chi connectivity index (χ0v) is 19.1. The Morgan fingerprint density at radius 3 is 2.38 bits per heavy atom. The van der Waals surface area contributed by atoms with E-state index in [1.165, 1.54) is 12.1 Å². The molecule has 0 amide bonds. The molecular formula is C27H26FO3S+. The van der Waals surface area contributed by atoms with Crippen molar-refractivity contribution >= 4 is 16.4 Å². The zero-order chi connectivity index (χ0) is 22.7. The van der Waals surface area contributed by atoms with Crippen molar-refractivity contribution < 1.29 is 18.7 Å². The minimum atomic E-state index is -0.695. The van der Waals surface area contributed by atoms with Gasteiger partial charge in [-0.05, 0) is 68.4 Å². The zero-order valence-electron chi connectivity index (χ0n) is 18.3. The number of ether oxygens (including phenoxy) is 2. The molecule has 1 atom stereocenters. The van der Waals surface area contributed by atoms with Crippen molar-refractivity contribution in [2.75, 3.05) is 6.61 Å². The second kappa shape index (κ2) is 9.18. The van der Waals surface area contributed by atoms with Crippen molar-refractivity contribution in [1.82, 2.24) is 0 Å². The Hall–Kier alpha value is -3.10. The van der Waals surface area contributed by atoms with Gasteiger partial charge in [-0.15, -0.1) is 6.42 Å². The molecular weight excluding hydrogens is 423 g/mol. The number of esters is 1. The summed E-state index contributed by atoms with van der Waals surface area (Å²) >= 11 is 0. The van der Waals surface area contributed by atoms with E-state index in [0.29, 0.717) is 5.75 Å². The molecule has 1 aromatic heterocycles. The van der Waals surface area contributed by atoms with Gasteiger partial charge in [-0.3, -0.25) is 0 Å². The fourth-order valence-electron chi connectivity index (χ4n) is 4.39. The Kier molecular flexibility index (Phi) is 6.34. The SMILES string of the molecule is C#Cc1cc[s+](-c2cc(C)c(OCC(=O)OC3(c4ccc(F)cc4)CCCC3)c(C)c2)c1. The predicted octanol–water partition coefficient (Wildman–Crippen LogP) is 6.55. The number of aryl methyl sites for hydroxylation is 2. The summed E-state index contributed by atoms with van der Waals surface area (Å²) in [7, 11) is -0.153. The maximum atomic E-state index is 13.4. The van der Waals surface area contributed by atoms with Gasteiger partial charge in [-0.25, -0.2) is 9.18 Å². The molecule has 1 fully saturated rings. The van der Waals surface area contributed by atoms with E-state index in [4.69, 9.17) is 15.9 Å². The van der Waals surface area contributed by atoms with E-state index in [9.17, 15) is 9.18 Å². The molecule has 164 valence electrons. The molecule has 0 spiro atoms. The molecule has 3 aromatic rings. The number of benzene rings is 2. The molecule has 0 radical (unpaired) electrons. The second-order valence-corrected chi connectivity index (χ2v) is 9.97. The van der Waals surface area contributed by atoms with Crippen LogP contribution in [0.1, 0.15) is 47.9 Å². The molecule has 1 heterocycles. The van der Waals surface area contributed by atoms with Crippen molar-refractivity contribution in [3.8, 4) is 23.0 Å². The van der Waals surface area contributed by atoms with E-state index in [2.05, 4.69) is 28.8 Å². The summed E-state index contributed by atoms with van der Waals surface area (Å²) < 4.78 is 25.2. The third-order valence-corrected chi connectivity index (χ3v) is 7.66. The first-order valence-electron chi connectivity index (χ1n) is 10.7. The average Bonchev–Trinajstić information content (AvgIpc) is 3.44. The predicted molar refractivity (Wildman–Crippen MR) is 126 cm³/mol. The average molecular weight is 450 g/mol. The van der Waals surface area contributed by atoms with E-state index in [-0.39, 0.29) is 22.9 Å². The van der Waals surface area contributed by atoms with Crippen LogP contribution in [0.3, 0.4) is 0 Å². The van der Waals surface area contributed by atoms with E-state index in [0.717, 1.165) is 52.8 Å². The monoisotopic (exact) mass is 449 g/mol. The maximum absolute atomic E-state index is 13.4. The van der Waals surface area contributed by atoms with Crippen LogP contribution in [0.25, 0.3) is 4.90 Å². The molecule has 0 saturated heterocycles. The molecule has 1 saturated carbocycles. The van der Waals surface area contributed by atoms with Gasteiger partial charge in [-0.2, -0.15) is 0 Å². The Morgan fingerprint density at radius 2 is 1.78 bits per heavy atom. The molecule has 2 aromatic carbocycles. The van der Waals surface area contributed by atoms with Crippen molar-refractivity contribution in [1.29, 1.82) is 0 Å². The summed E-state index contributed by atoms with van der Waals surface area (Å²) in [5.74, 6) is 2.65. The van der Waals surface area contributed by atoms with Crippen molar-refractivity contribution in [2.24, 2.45) is 0 Å². The highest BCUT2D eigenvalue weighted by atomic mass is 32.2. The van der Waals surface area contributed by atoms with Crippen LogP contribution in [0.4, 0.5) is 4.39 Å². The Balaban J connectivity index is 1.46. The van der Waals surface area contributed by atoms with E-state index in [1.807, 2.05) is 19.9 Å². The topological polar surface area (TPSA) is 35.5 Å². The van der Waals surface area contributed by atoms with Crippen molar-refractivity contribution in [3.63, 3.8) is 0 Å². The van der Waals surface area contributed by atoms with Gasteiger partial charge in [-0.1, -0.05) is 18.1 Å². The standard InChI is InChI=1S/C27H26FO3S/c1-4-21-11-14-32(18-21)24-15-19(2)26(20(3)16-24)30-17-25(29)31-27(12-5-6-13-27)22-7-9-23(28)10-8-22/h1,7-11,14-16,18H,5-6,12-13,17H2,2-3H3/q+1. The molecule has 4 rings (SSSR count). The van der Waals surface area contributed by atoms with Crippen molar-refractivity contribution in [3.05, 3.63) is 81.3 Å².